The van der Waals surface area contributed by atoms with Crippen molar-refractivity contribution in [2.75, 3.05) is 19.0 Å². The summed E-state index contributed by atoms with van der Waals surface area (Å²) in [5, 5.41) is 5.58. The molecule has 1 N–H and O–H groups in total. The summed E-state index contributed by atoms with van der Waals surface area (Å²) >= 11 is 0.840. The molecular formula is C32H25N3O4S. The standard InChI is InChI=1S/C32H25N3O4S/c1-39-28-13-7-5-11-26(28)33-30(36)20-35-31(37)29(40-32(35)38)17-24-19-34(27-12-6-4-10-25(24)27)18-21-14-15-22-8-2-3-9-23(22)16-21/h2-17,19H,18,20H2,1H3,(H,33,36)/b29-17-. The van der Waals surface area contributed by atoms with E-state index >= 15 is 0 Å². The molecule has 0 radical (unpaired) electrons. The first kappa shape index (κ1) is 25.5. The van der Waals surface area contributed by atoms with Gasteiger partial charge in [0, 0.05) is 29.2 Å². The number of nitrogens with one attached hydrogen (secondary N) is 1. The number of amides is 3. The van der Waals surface area contributed by atoms with Gasteiger partial charge in [0.25, 0.3) is 11.1 Å². The van der Waals surface area contributed by atoms with Gasteiger partial charge in [-0.05, 0) is 58.4 Å². The molecule has 40 heavy (non-hydrogen) atoms. The lowest BCUT2D eigenvalue weighted by atomic mass is 10.1. The fourth-order valence-corrected chi connectivity index (χ4v) is 5.74. The molecule has 1 aliphatic heterocycles. The maximum atomic E-state index is 13.2. The molecule has 0 spiro atoms. The highest BCUT2D eigenvalue weighted by atomic mass is 32.2. The Morgan fingerprint density at radius 3 is 2.52 bits per heavy atom. The maximum absolute atomic E-state index is 13.2. The summed E-state index contributed by atoms with van der Waals surface area (Å²) in [4.78, 5) is 39.9. The first-order valence-electron chi connectivity index (χ1n) is 12.7. The van der Waals surface area contributed by atoms with E-state index in [1.165, 1.54) is 17.9 Å². The molecule has 1 fully saturated rings. The highest BCUT2D eigenvalue weighted by Crippen LogP contribution is 2.34. The topological polar surface area (TPSA) is 80.6 Å². The van der Waals surface area contributed by atoms with E-state index in [4.69, 9.17) is 4.74 Å². The van der Waals surface area contributed by atoms with Crippen molar-refractivity contribution in [3.63, 3.8) is 0 Å². The van der Waals surface area contributed by atoms with Crippen LogP contribution >= 0.6 is 11.8 Å². The number of rotatable bonds is 7. The Labute approximate surface area is 235 Å². The maximum Gasteiger partial charge on any atom is 0.294 e. The lowest BCUT2D eigenvalue weighted by molar-refractivity contribution is -0.127. The van der Waals surface area contributed by atoms with Crippen molar-refractivity contribution in [2.24, 2.45) is 0 Å². The van der Waals surface area contributed by atoms with Gasteiger partial charge in [0.05, 0.1) is 17.7 Å². The van der Waals surface area contributed by atoms with Gasteiger partial charge in [-0.25, -0.2) is 0 Å². The fraction of sp³-hybridized carbons (Fsp3) is 0.0938. The van der Waals surface area contributed by atoms with E-state index in [0.29, 0.717) is 18.0 Å². The molecule has 0 aliphatic carbocycles. The average molecular weight is 548 g/mol. The number of ether oxygens (including phenoxy) is 1. The Kier molecular flexibility index (Phi) is 6.84. The lowest BCUT2D eigenvalue weighted by Gasteiger charge is -2.14. The van der Waals surface area contributed by atoms with E-state index in [9.17, 15) is 14.4 Å². The zero-order valence-electron chi connectivity index (χ0n) is 21.7. The van der Waals surface area contributed by atoms with Crippen LogP contribution in [0.5, 0.6) is 5.75 Å². The van der Waals surface area contributed by atoms with Gasteiger partial charge in [0.15, 0.2) is 0 Å². The van der Waals surface area contributed by atoms with Gasteiger partial charge >= 0.3 is 0 Å². The number of imide groups is 1. The Balaban J connectivity index is 1.24. The smallest absolute Gasteiger partial charge is 0.294 e. The number of aromatic nitrogens is 1. The van der Waals surface area contributed by atoms with E-state index in [1.807, 2.05) is 42.6 Å². The van der Waals surface area contributed by atoms with E-state index in [2.05, 4.69) is 40.2 Å². The third-order valence-corrected chi connectivity index (χ3v) is 7.74. The number of anilines is 1. The van der Waals surface area contributed by atoms with Gasteiger partial charge < -0.3 is 14.6 Å². The van der Waals surface area contributed by atoms with Crippen molar-refractivity contribution in [3.05, 3.63) is 113 Å². The highest BCUT2D eigenvalue weighted by molar-refractivity contribution is 8.18. The average Bonchev–Trinajstić information content (AvgIpc) is 3.44. The largest absolute Gasteiger partial charge is 0.495 e. The van der Waals surface area contributed by atoms with Gasteiger partial charge in [0.2, 0.25) is 5.91 Å². The first-order valence-corrected chi connectivity index (χ1v) is 13.6. The quantitative estimate of drug-likeness (QED) is 0.235. The second kappa shape index (κ2) is 10.7. The Morgan fingerprint density at radius 2 is 1.68 bits per heavy atom. The molecule has 0 atom stereocenters. The third kappa shape index (κ3) is 4.97. The second-order valence-corrected chi connectivity index (χ2v) is 10.4. The summed E-state index contributed by atoms with van der Waals surface area (Å²) in [6, 6.07) is 29.6. The Morgan fingerprint density at radius 1 is 0.925 bits per heavy atom. The number of fused-ring (bicyclic) bond motifs is 2. The van der Waals surface area contributed by atoms with Crippen molar-refractivity contribution in [2.45, 2.75) is 6.54 Å². The SMILES string of the molecule is COc1ccccc1NC(=O)CN1C(=O)S/C(=C\c2cn(Cc3ccc4ccccc4c3)c3ccccc23)C1=O. The highest BCUT2D eigenvalue weighted by Gasteiger charge is 2.36. The van der Waals surface area contributed by atoms with Crippen LogP contribution in [0.4, 0.5) is 10.5 Å². The predicted octanol–water partition coefficient (Wildman–Crippen LogP) is 6.53. The van der Waals surface area contributed by atoms with Crippen LogP contribution in [-0.4, -0.2) is 40.2 Å². The van der Waals surface area contributed by atoms with Crippen molar-refractivity contribution in [1.29, 1.82) is 0 Å². The van der Waals surface area contributed by atoms with Crippen LogP contribution < -0.4 is 10.1 Å². The molecular weight excluding hydrogens is 522 g/mol. The number of para-hydroxylation sites is 3. The monoisotopic (exact) mass is 547 g/mol. The number of nitrogens with zero attached hydrogens (tertiary/aromatic N) is 2. The number of carbonyl (C=O) groups excluding carboxylic acids is 3. The molecule has 6 rings (SSSR count). The van der Waals surface area contributed by atoms with Crippen molar-refractivity contribution in [1.82, 2.24) is 9.47 Å². The molecule has 4 aromatic carbocycles. The van der Waals surface area contributed by atoms with Gasteiger partial charge in [-0.1, -0.05) is 66.7 Å². The van der Waals surface area contributed by atoms with E-state index in [-0.39, 0.29) is 11.4 Å². The minimum Gasteiger partial charge on any atom is -0.495 e. The van der Waals surface area contributed by atoms with Crippen LogP contribution in [0.3, 0.4) is 0 Å². The van der Waals surface area contributed by atoms with Gasteiger partial charge in [-0.3, -0.25) is 19.3 Å². The number of benzene rings is 4. The molecule has 0 saturated carbocycles. The number of carbonyl (C=O) groups is 3. The zero-order chi connectivity index (χ0) is 27.6. The Bertz CT molecular complexity index is 1820. The molecule has 5 aromatic rings. The number of hydrogen-bond donors (Lipinski definition) is 1. The van der Waals surface area contributed by atoms with Crippen LogP contribution in [-0.2, 0) is 16.1 Å². The summed E-state index contributed by atoms with van der Waals surface area (Å²) < 4.78 is 7.41. The van der Waals surface area contributed by atoms with E-state index in [0.717, 1.165) is 38.7 Å². The fourth-order valence-electron chi connectivity index (χ4n) is 4.91. The summed E-state index contributed by atoms with van der Waals surface area (Å²) in [6.07, 6.45) is 3.74. The Hall–Kier alpha value is -4.82. The van der Waals surface area contributed by atoms with Gasteiger partial charge in [-0.2, -0.15) is 0 Å². The van der Waals surface area contributed by atoms with Crippen molar-refractivity contribution >= 4 is 62.3 Å². The molecule has 8 heteroatoms. The molecule has 7 nitrogen and oxygen atoms in total. The van der Waals surface area contributed by atoms with Crippen molar-refractivity contribution < 1.29 is 19.1 Å². The van der Waals surface area contributed by atoms with Crippen LogP contribution in [0, 0.1) is 0 Å². The van der Waals surface area contributed by atoms with Crippen LogP contribution in [0.2, 0.25) is 0 Å². The molecule has 2 heterocycles. The molecule has 1 saturated heterocycles. The molecule has 198 valence electrons. The van der Waals surface area contributed by atoms with E-state index in [1.54, 1.807) is 30.3 Å². The number of thioether (sulfide) groups is 1. The number of hydrogen-bond acceptors (Lipinski definition) is 5. The molecule has 1 aliphatic rings. The van der Waals surface area contributed by atoms with Crippen LogP contribution in [0.15, 0.2) is 102 Å². The summed E-state index contributed by atoms with van der Waals surface area (Å²) in [6.45, 7) is 0.271. The molecule has 1 aromatic heterocycles. The summed E-state index contributed by atoms with van der Waals surface area (Å²) in [7, 11) is 1.50. The van der Waals surface area contributed by atoms with Gasteiger partial charge in [0.1, 0.15) is 12.3 Å². The van der Waals surface area contributed by atoms with E-state index < -0.39 is 17.1 Å². The first-order chi connectivity index (χ1) is 19.5. The minimum absolute atomic E-state index is 0.281. The molecule has 0 bridgehead atoms. The summed E-state index contributed by atoms with van der Waals surface area (Å²) in [5.41, 5.74) is 3.49. The minimum atomic E-state index is -0.489. The number of methoxy groups -OCH3 is 1. The third-order valence-electron chi connectivity index (χ3n) is 6.83. The van der Waals surface area contributed by atoms with Crippen LogP contribution in [0.25, 0.3) is 27.8 Å². The van der Waals surface area contributed by atoms with Crippen molar-refractivity contribution in [3.8, 4) is 5.75 Å². The lowest BCUT2D eigenvalue weighted by Crippen LogP contribution is -2.36. The molecule has 3 amide bonds. The van der Waals surface area contributed by atoms with Crippen LogP contribution in [0.1, 0.15) is 11.1 Å². The zero-order valence-corrected chi connectivity index (χ0v) is 22.5. The predicted molar refractivity (Wildman–Crippen MR) is 159 cm³/mol. The second-order valence-electron chi connectivity index (χ2n) is 9.43. The normalized spacial score (nSPS) is 14.4. The summed E-state index contributed by atoms with van der Waals surface area (Å²) in [5.74, 6) is -0.485. The van der Waals surface area contributed by atoms with Gasteiger partial charge in [-0.15, -0.1) is 0 Å². The molecule has 0 unspecified atom stereocenters.